The lowest BCUT2D eigenvalue weighted by molar-refractivity contribution is -0.0220. The molecule has 2 nitrogen and oxygen atoms in total. The first-order valence-corrected chi connectivity index (χ1v) is 5.57. The molecule has 0 aliphatic carbocycles. The summed E-state index contributed by atoms with van der Waals surface area (Å²) in [5.41, 5.74) is 1.27. The number of benzene rings is 1. The van der Waals surface area contributed by atoms with Gasteiger partial charge < -0.3 is 9.47 Å². The van der Waals surface area contributed by atoms with E-state index in [2.05, 4.69) is 19.1 Å². The van der Waals surface area contributed by atoms with Crippen LogP contribution >= 0.6 is 0 Å². The normalized spacial score (nSPS) is 26.3. The molecule has 1 heterocycles. The van der Waals surface area contributed by atoms with E-state index < -0.39 is 0 Å². The zero-order valence-electron chi connectivity index (χ0n) is 9.40. The molecule has 1 saturated heterocycles. The molecule has 1 aliphatic rings. The summed E-state index contributed by atoms with van der Waals surface area (Å²) in [6.07, 6.45) is 2.72. The molecule has 2 atom stereocenters. The van der Waals surface area contributed by atoms with Crippen LogP contribution in [0.15, 0.2) is 24.3 Å². The van der Waals surface area contributed by atoms with Gasteiger partial charge in [-0.2, -0.15) is 0 Å². The van der Waals surface area contributed by atoms with Crippen LogP contribution in [-0.2, 0) is 4.74 Å². The van der Waals surface area contributed by atoms with Crippen LogP contribution in [0.4, 0.5) is 0 Å². The van der Waals surface area contributed by atoms with E-state index in [0.29, 0.717) is 5.92 Å². The molecular formula is C13H18O2. The molecule has 0 N–H and O–H groups in total. The van der Waals surface area contributed by atoms with E-state index in [1.807, 2.05) is 12.1 Å². The van der Waals surface area contributed by atoms with Crippen LogP contribution in [0.25, 0.3) is 0 Å². The van der Waals surface area contributed by atoms with E-state index in [0.717, 1.165) is 12.4 Å². The molecule has 1 unspecified atom stereocenters. The quantitative estimate of drug-likeness (QED) is 0.740. The lowest BCUT2D eigenvalue weighted by Crippen LogP contribution is -2.20. The van der Waals surface area contributed by atoms with Gasteiger partial charge in [0, 0.05) is 6.61 Å². The number of hydrogen-bond acceptors (Lipinski definition) is 2. The van der Waals surface area contributed by atoms with Crippen LogP contribution in [0.5, 0.6) is 5.75 Å². The Morgan fingerprint density at radius 3 is 2.60 bits per heavy atom. The minimum Gasteiger partial charge on any atom is -0.497 e. The molecule has 2 rings (SSSR count). The summed E-state index contributed by atoms with van der Waals surface area (Å²) in [6.45, 7) is 3.15. The van der Waals surface area contributed by atoms with Gasteiger partial charge in [-0.15, -0.1) is 0 Å². The van der Waals surface area contributed by atoms with Gasteiger partial charge in [0.05, 0.1) is 13.2 Å². The van der Waals surface area contributed by atoms with Gasteiger partial charge in [0.2, 0.25) is 0 Å². The first-order chi connectivity index (χ1) is 7.31. The third-order valence-corrected chi connectivity index (χ3v) is 3.06. The molecule has 82 valence electrons. The summed E-state index contributed by atoms with van der Waals surface area (Å²) in [7, 11) is 1.69. The second kappa shape index (κ2) is 4.67. The molecule has 1 fully saturated rings. The highest BCUT2D eigenvalue weighted by molar-refractivity contribution is 5.28. The van der Waals surface area contributed by atoms with Gasteiger partial charge in [-0.3, -0.25) is 0 Å². The summed E-state index contributed by atoms with van der Waals surface area (Å²) in [5.74, 6) is 1.52. The Balaban J connectivity index is 2.13. The van der Waals surface area contributed by atoms with Crippen LogP contribution in [0.1, 0.15) is 31.4 Å². The number of hydrogen-bond donors (Lipinski definition) is 0. The fourth-order valence-corrected chi connectivity index (χ4v) is 2.15. The van der Waals surface area contributed by atoms with Crippen molar-refractivity contribution in [2.24, 2.45) is 5.92 Å². The van der Waals surface area contributed by atoms with Gasteiger partial charge in [-0.05, 0) is 36.5 Å². The first kappa shape index (κ1) is 10.5. The van der Waals surface area contributed by atoms with E-state index in [1.54, 1.807) is 7.11 Å². The van der Waals surface area contributed by atoms with Gasteiger partial charge >= 0.3 is 0 Å². The Labute approximate surface area is 91.2 Å². The first-order valence-electron chi connectivity index (χ1n) is 5.57. The van der Waals surface area contributed by atoms with E-state index in [4.69, 9.17) is 9.47 Å². The number of rotatable bonds is 2. The van der Waals surface area contributed by atoms with E-state index >= 15 is 0 Å². The molecular weight excluding hydrogens is 188 g/mol. The van der Waals surface area contributed by atoms with Crippen molar-refractivity contribution in [2.45, 2.75) is 25.9 Å². The van der Waals surface area contributed by atoms with Gasteiger partial charge in [-0.25, -0.2) is 0 Å². The van der Waals surface area contributed by atoms with Crippen molar-refractivity contribution in [3.8, 4) is 5.75 Å². The zero-order valence-corrected chi connectivity index (χ0v) is 9.40. The Bertz CT molecular complexity index is 305. The van der Waals surface area contributed by atoms with Gasteiger partial charge in [-0.1, -0.05) is 19.1 Å². The second-order valence-electron chi connectivity index (χ2n) is 4.18. The standard InChI is InChI=1S/C13H18O2/c1-10-4-3-9-15-13(10)11-5-7-12(14-2)8-6-11/h5-8,10,13H,3-4,9H2,1-2H3/t10?,13-/m0/s1. The predicted octanol–water partition coefficient (Wildman–Crippen LogP) is 3.18. The fourth-order valence-electron chi connectivity index (χ4n) is 2.15. The van der Waals surface area contributed by atoms with Crippen LogP contribution in [0, 0.1) is 5.92 Å². The van der Waals surface area contributed by atoms with E-state index in [1.165, 1.54) is 18.4 Å². The third kappa shape index (κ3) is 2.32. The smallest absolute Gasteiger partial charge is 0.118 e. The maximum atomic E-state index is 5.81. The Hall–Kier alpha value is -1.02. The minimum absolute atomic E-state index is 0.268. The molecule has 0 saturated carbocycles. The van der Waals surface area contributed by atoms with Gasteiger partial charge in [0.1, 0.15) is 5.75 Å². The molecule has 0 aromatic heterocycles. The summed E-state index contributed by atoms with van der Waals surface area (Å²) in [6, 6.07) is 8.21. The van der Waals surface area contributed by atoms with E-state index in [-0.39, 0.29) is 6.10 Å². The maximum Gasteiger partial charge on any atom is 0.118 e. The van der Waals surface area contributed by atoms with Crippen molar-refractivity contribution >= 4 is 0 Å². The van der Waals surface area contributed by atoms with Gasteiger partial charge in [0.25, 0.3) is 0 Å². The average molecular weight is 206 g/mol. The molecule has 15 heavy (non-hydrogen) atoms. The van der Waals surface area contributed by atoms with Crippen molar-refractivity contribution in [3.05, 3.63) is 29.8 Å². The third-order valence-electron chi connectivity index (χ3n) is 3.06. The summed E-state index contributed by atoms with van der Waals surface area (Å²) in [5, 5.41) is 0. The summed E-state index contributed by atoms with van der Waals surface area (Å²) >= 11 is 0. The lowest BCUT2D eigenvalue weighted by Gasteiger charge is -2.29. The van der Waals surface area contributed by atoms with Crippen LogP contribution < -0.4 is 4.74 Å². The highest BCUT2D eigenvalue weighted by atomic mass is 16.5. The molecule has 1 aromatic carbocycles. The summed E-state index contributed by atoms with van der Waals surface area (Å²) < 4.78 is 11.0. The Morgan fingerprint density at radius 1 is 1.27 bits per heavy atom. The molecule has 1 aromatic rings. The van der Waals surface area contributed by atoms with Crippen LogP contribution in [0.3, 0.4) is 0 Å². The molecule has 0 radical (unpaired) electrons. The van der Waals surface area contributed by atoms with Crippen LogP contribution in [0.2, 0.25) is 0 Å². The molecule has 0 bridgehead atoms. The van der Waals surface area contributed by atoms with Crippen molar-refractivity contribution in [1.82, 2.24) is 0 Å². The largest absolute Gasteiger partial charge is 0.497 e. The van der Waals surface area contributed by atoms with E-state index in [9.17, 15) is 0 Å². The Kier molecular flexibility index (Phi) is 3.27. The van der Waals surface area contributed by atoms with Crippen molar-refractivity contribution in [1.29, 1.82) is 0 Å². The van der Waals surface area contributed by atoms with Crippen molar-refractivity contribution in [3.63, 3.8) is 0 Å². The minimum atomic E-state index is 0.268. The second-order valence-corrected chi connectivity index (χ2v) is 4.18. The topological polar surface area (TPSA) is 18.5 Å². The monoisotopic (exact) mass is 206 g/mol. The van der Waals surface area contributed by atoms with Crippen molar-refractivity contribution < 1.29 is 9.47 Å². The van der Waals surface area contributed by atoms with Gasteiger partial charge in [0.15, 0.2) is 0 Å². The summed E-state index contributed by atoms with van der Waals surface area (Å²) in [4.78, 5) is 0. The zero-order chi connectivity index (χ0) is 10.7. The van der Waals surface area contributed by atoms with Crippen LogP contribution in [-0.4, -0.2) is 13.7 Å². The highest BCUT2D eigenvalue weighted by Crippen LogP contribution is 2.33. The molecule has 1 aliphatic heterocycles. The molecule has 0 spiro atoms. The Morgan fingerprint density at radius 2 is 2.00 bits per heavy atom. The number of methoxy groups -OCH3 is 1. The highest BCUT2D eigenvalue weighted by Gasteiger charge is 2.23. The fraction of sp³-hybridized carbons (Fsp3) is 0.538. The maximum absolute atomic E-state index is 5.81. The average Bonchev–Trinajstić information content (AvgIpc) is 2.30. The lowest BCUT2D eigenvalue weighted by atomic mass is 9.91. The van der Waals surface area contributed by atoms with Crippen molar-refractivity contribution in [2.75, 3.05) is 13.7 Å². The molecule has 2 heteroatoms. The SMILES string of the molecule is COc1ccc([C@H]2OCCCC2C)cc1. The number of ether oxygens (including phenoxy) is 2. The predicted molar refractivity (Wildman–Crippen MR) is 60.1 cm³/mol. The molecule has 0 amide bonds.